The fraction of sp³-hybridized carbons (Fsp3) is 0.429. The molecule has 38 heavy (non-hydrogen) atoms. The minimum absolute atomic E-state index is 0.194. The van der Waals surface area contributed by atoms with Gasteiger partial charge in [0, 0.05) is 31.9 Å². The Hall–Kier alpha value is -3.87. The average Bonchev–Trinajstić information content (AvgIpc) is 2.93. The first-order chi connectivity index (χ1) is 18.3. The largest absolute Gasteiger partial charge is 0.461 e. The number of hydrogen-bond donors (Lipinski definition) is 0. The van der Waals surface area contributed by atoms with Crippen LogP contribution in [0.3, 0.4) is 0 Å². The van der Waals surface area contributed by atoms with E-state index < -0.39 is 23.6 Å². The van der Waals surface area contributed by atoms with Crippen molar-refractivity contribution in [2.75, 3.05) is 36.0 Å². The molecule has 2 aliphatic rings. The van der Waals surface area contributed by atoms with Gasteiger partial charge >= 0.3 is 12.1 Å². The maximum Gasteiger partial charge on any atom is 0.416 e. The standard InChI is InChI=1S/C28H28F3N5O2/c29-28(30,31)19-7-6-8-20(17-19)35-13-15-36(16-14-35)26-25(33-23-11-4-5-12-24(23)34-26)22(18-32)27(37)38-21-9-2-1-3-10-21/h4-8,11-12,17,21-22H,1-3,9-10,13-16H2. The molecule has 3 aromatic rings. The van der Waals surface area contributed by atoms with Crippen LogP contribution < -0.4 is 9.80 Å². The number of esters is 1. The molecule has 10 heteroatoms. The summed E-state index contributed by atoms with van der Waals surface area (Å²) in [4.78, 5) is 26.4. The van der Waals surface area contributed by atoms with E-state index in [1.54, 1.807) is 12.1 Å². The van der Waals surface area contributed by atoms with Crippen LogP contribution in [0.1, 0.15) is 49.3 Å². The van der Waals surface area contributed by atoms with Crippen molar-refractivity contribution >= 4 is 28.5 Å². The molecule has 1 unspecified atom stereocenters. The van der Waals surface area contributed by atoms with Gasteiger partial charge in [-0.25, -0.2) is 9.97 Å². The number of para-hydroxylation sites is 2. The number of carbonyl (C=O) groups excluding carboxylic acids is 1. The number of fused-ring (bicyclic) bond motifs is 1. The summed E-state index contributed by atoms with van der Waals surface area (Å²) in [6.45, 7) is 1.76. The summed E-state index contributed by atoms with van der Waals surface area (Å²) in [7, 11) is 0. The van der Waals surface area contributed by atoms with E-state index in [0.29, 0.717) is 48.7 Å². The predicted octanol–water partition coefficient (Wildman–Crippen LogP) is 5.46. The highest BCUT2D eigenvalue weighted by atomic mass is 19.4. The summed E-state index contributed by atoms with van der Waals surface area (Å²) >= 11 is 0. The van der Waals surface area contributed by atoms with Gasteiger partial charge in [-0.05, 0) is 56.0 Å². The monoisotopic (exact) mass is 523 g/mol. The average molecular weight is 524 g/mol. The quantitative estimate of drug-likeness (QED) is 0.411. The van der Waals surface area contributed by atoms with Crippen molar-refractivity contribution in [2.45, 2.75) is 50.3 Å². The Morgan fingerprint density at radius 2 is 1.61 bits per heavy atom. The van der Waals surface area contributed by atoms with Gasteiger partial charge in [0.15, 0.2) is 11.7 Å². The molecule has 2 heterocycles. The summed E-state index contributed by atoms with van der Waals surface area (Å²) in [5.74, 6) is -1.42. The number of ether oxygens (including phenoxy) is 1. The molecule has 0 amide bonds. The van der Waals surface area contributed by atoms with E-state index in [-0.39, 0.29) is 11.8 Å². The summed E-state index contributed by atoms with van der Waals surface area (Å²) in [5.41, 5.74) is 1.26. The number of aromatic nitrogens is 2. The first-order valence-electron chi connectivity index (χ1n) is 12.9. The van der Waals surface area contributed by atoms with E-state index in [9.17, 15) is 23.2 Å². The molecule has 1 saturated carbocycles. The zero-order chi connectivity index (χ0) is 26.7. The van der Waals surface area contributed by atoms with Crippen LogP contribution in [0, 0.1) is 11.3 Å². The third-order valence-corrected chi connectivity index (χ3v) is 7.17. The highest BCUT2D eigenvalue weighted by molar-refractivity contribution is 5.85. The Bertz CT molecular complexity index is 1340. The Kier molecular flexibility index (Phi) is 7.36. The number of nitrogens with zero attached hydrogens (tertiary/aromatic N) is 5. The Morgan fingerprint density at radius 3 is 2.26 bits per heavy atom. The summed E-state index contributed by atoms with van der Waals surface area (Å²) in [5, 5.41) is 10.0. The number of anilines is 2. The number of nitriles is 1. The van der Waals surface area contributed by atoms with Crippen molar-refractivity contribution in [1.29, 1.82) is 5.26 Å². The zero-order valence-corrected chi connectivity index (χ0v) is 20.8. The highest BCUT2D eigenvalue weighted by Gasteiger charge is 2.34. The van der Waals surface area contributed by atoms with Crippen LogP contribution in [-0.4, -0.2) is 48.2 Å². The first-order valence-corrected chi connectivity index (χ1v) is 12.9. The van der Waals surface area contributed by atoms with Gasteiger partial charge in [0.25, 0.3) is 0 Å². The van der Waals surface area contributed by atoms with Crippen molar-refractivity contribution < 1.29 is 22.7 Å². The molecule has 1 aliphatic heterocycles. The Labute approximate surface area is 218 Å². The van der Waals surface area contributed by atoms with Gasteiger partial charge in [0.2, 0.25) is 0 Å². The van der Waals surface area contributed by atoms with Gasteiger partial charge in [0.05, 0.1) is 22.7 Å². The molecule has 0 spiro atoms. The molecule has 0 N–H and O–H groups in total. The van der Waals surface area contributed by atoms with Crippen LogP contribution in [0.5, 0.6) is 0 Å². The van der Waals surface area contributed by atoms with E-state index in [1.807, 2.05) is 28.0 Å². The van der Waals surface area contributed by atoms with Crippen LogP contribution >= 0.6 is 0 Å². The molecule has 7 nitrogen and oxygen atoms in total. The van der Waals surface area contributed by atoms with Crippen LogP contribution in [-0.2, 0) is 15.7 Å². The third kappa shape index (κ3) is 5.52. The van der Waals surface area contributed by atoms with Gasteiger partial charge < -0.3 is 14.5 Å². The van der Waals surface area contributed by atoms with Crippen molar-refractivity contribution in [3.05, 3.63) is 59.8 Å². The van der Waals surface area contributed by atoms with Crippen molar-refractivity contribution in [1.82, 2.24) is 9.97 Å². The molecule has 1 aromatic heterocycles. The van der Waals surface area contributed by atoms with Crippen LogP contribution in [0.25, 0.3) is 11.0 Å². The maximum absolute atomic E-state index is 13.2. The van der Waals surface area contributed by atoms with Gasteiger partial charge in [-0.15, -0.1) is 0 Å². The lowest BCUT2D eigenvalue weighted by Crippen LogP contribution is -2.47. The van der Waals surface area contributed by atoms with E-state index >= 15 is 0 Å². The molecule has 198 valence electrons. The third-order valence-electron chi connectivity index (χ3n) is 7.17. The highest BCUT2D eigenvalue weighted by Crippen LogP contribution is 2.33. The molecule has 0 bridgehead atoms. The van der Waals surface area contributed by atoms with Crippen LogP contribution in [0.15, 0.2) is 48.5 Å². The van der Waals surface area contributed by atoms with Gasteiger partial charge in [-0.2, -0.15) is 18.4 Å². The van der Waals surface area contributed by atoms with Crippen LogP contribution in [0.4, 0.5) is 24.7 Å². The summed E-state index contributed by atoms with van der Waals surface area (Å²) in [6.07, 6.45) is 0.0719. The van der Waals surface area contributed by atoms with Crippen molar-refractivity contribution in [3.63, 3.8) is 0 Å². The van der Waals surface area contributed by atoms with Gasteiger partial charge in [-0.1, -0.05) is 24.6 Å². The van der Waals surface area contributed by atoms with Gasteiger partial charge in [-0.3, -0.25) is 4.79 Å². The van der Waals surface area contributed by atoms with Gasteiger partial charge in [0.1, 0.15) is 11.8 Å². The maximum atomic E-state index is 13.2. The first kappa shape index (κ1) is 25.8. The SMILES string of the molecule is N#CC(C(=O)OC1CCCCC1)c1nc2ccccc2nc1N1CCN(c2cccc(C(F)(F)F)c2)CC1. The minimum atomic E-state index is -4.41. The molecular weight excluding hydrogens is 495 g/mol. The number of halogens is 3. The van der Waals surface area contributed by atoms with E-state index in [0.717, 1.165) is 44.2 Å². The molecule has 1 atom stereocenters. The van der Waals surface area contributed by atoms with E-state index in [4.69, 9.17) is 9.72 Å². The van der Waals surface area contributed by atoms with Crippen molar-refractivity contribution in [2.24, 2.45) is 0 Å². The number of hydrogen-bond acceptors (Lipinski definition) is 7. The molecule has 5 rings (SSSR count). The smallest absolute Gasteiger partial charge is 0.416 e. The molecule has 1 saturated heterocycles. The topological polar surface area (TPSA) is 82.3 Å². The second-order valence-corrected chi connectivity index (χ2v) is 9.70. The number of piperazine rings is 1. The minimum Gasteiger partial charge on any atom is -0.461 e. The fourth-order valence-corrected chi connectivity index (χ4v) is 5.13. The number of rotatable bonds is 5. The predicted molar refractivity (Wildman–Crippen MR) is 137 cm³/mol. The van der Waals surface area contributed by atoms with E-state index in [1.165, 1.54) is 6.07 Å². The lowest BCUT2D eigenvalue weighted by molar-refractivity contribution is -0.151. The lowest BCUT2D eigenvalue weighted by Gasteiger charge is -2.37. The molecule has 1 aliphatic carbocycles. The number of benzene rings is 2. The van der Waals surface area contributed by atoms with Crippen molar-refractivity contribution in [3.8, 4) is 6.07 Å². The lowest BCUT2D eigenvalue weighted by atomic mass is 9.97. The molecular formula is C28H28F3N5O2. The molecule has 2 aromatic carbocycles. The summed E-state index contributed by atoms with van der Waals surface area (Å²) < 4.78 is 45.3. The Morgan fingerprint density at radius 1 is 0.947 bits per heavy atom. The molecule has 2 fully saturated rings. The summed E-state index contributed by atoms with van der Waals surface area (Å²) in [6, 6.07) is 14.6. The second-order valence-electron chi connectivity index (χ2n) is 9.70. The number of carbonyl (C=O) groups is 1. The van der Waals surface area contributed by atoms with E-state index in [2.05, 4.69) is 11.1 Å². The van der Waals surface area contributed by atoms with Crippen LogP contribution in [0.2, 0.25) is 0 Å². The normalized spacial score (nSPS) is 17.7. The zero-order valence-electron chi connectivity index (χ0n) is 20.8. The fourth-order valence-electron chi connectivity index (χ4n) is 5.13. The Balaban J connectivity index is 1.40. The number of alkyl halides is 3. The molecule has 0 radical (unpaired) electrons. The second kappa shape index (κ2) is 10.9.